The van der Waals surface area contributed by atoms with E-state index in [9.17, 15) is 13.2 Å². The minimum atomic E-state index is -3.75. The average Bonchev–Trinajstić information content (AvgIpc) is 2.70. The molecule has 1 amide bonds. The Morgan fingerprint density at radius 3 is 2.07 bits per heavy atom. The molecule has 3 aromatic rings. The standard InChI is InChI=1S/C21H19NO3S2/c1-16(27(24,25)18-12-6-3-7-13-18)21(23)22-19-14-8-9-15-20(19)26-17-10-4-2-5-11-17/h2-16H,1H3,(H,22,23). The Morgan fingerprint density at radius 1 is 0.852 bits per heavy atom. The number of rotatable bonds is 6. The van der Waals surface area contributed by atoms with Crippen LogP contribution < -0.4 is 5.32 Å². The number of hydrogen-bond donors (Lipinski definition) is 1. The third kappa shape index (κ3) is 4.59. The molecule has 0 aliphatic heterocycles. The first-order valence-corrected chi connectivity index (χ1v) is 10.8. The zero-order valence-corrected chi connectivity index (χ0v) is 16.3. The zero-order chi connectivity index (χ0) is 19.3. The van der Waals surface area contributed by atoms with Crippen molar-refractivity contribution in [3.05, 3.63) is 84.9 Å². The zero-order valence-electron chi connectivity index (χ0n) is 14.7. The fourth-order valence-corrected chi connectivity index (χ4v) is 4.67. The van der Waals surface area contributed by atoms with E-state index in [-0.39, 0.29) is 4.90 Å². The summed E-state index contributed by atoms with van der Waals surface area (Å²) in [5.41, 5.74) is 0.589. The summed E-state index contributed by atoms with van der Waals surface area (Å²) in [4.78, 5) is 14.7. The molecule has 0 fully saturated rings. The summed E-state index contributed by atoms with van der Waals surface area (Å²) in [6.07, 6.45) is 0. The van der Waals surface area contributed by atoms with Crippen LogP contribution in [0, 0.1) is 0 Å². The van der Waals surface area contributed by atoms with Crippen molar-refractivity contribution in [3.63, 3.8) is 0 Å². The van der Waals surface area contributed by atoms with Gasteiger partial charge in [-0.2, -0.15) is 0 Å². The minimum Gasteiger partial charge on any atom is -0.324 e. The lowest BCUT2D eigenvalue weighted by molar-refractivity contribution is -0.115. The third-order valence-electron chi connectivity index (χ3n) is 4.02. The molecule has 4 nitrogen and oxygen atoms in total. The van der Waals surface area contributed by atoms with Crippen molar-refractivity contribution in [2.45, 2.75) is 26.9 Å². The average molecular weight is 398 g/mol. The lowest BCUT2D eigenvalue weighted by Gasteiger charge is -2.15. The van der Waals surface area contributed by atoms with E-state index in [0.717, 1.165) is 9.79 Å². The van der Waals surface area contributed by atoms with Gasteiger partial charge >= 0.3 is 0 Å². The number of nitrogens with one attached hydrogen (secondary N) is 1. The van der Waals surface area contributed by atoms with Crippen molar-refractivity contribution < 1.29 is 13.2 Å². The van der Waals surface area contributed by atoms with Gasteiger partial charge in [0.05, 0.1) is 10.6 Å². The van der Waals surface area contributed by atoms with Gasteiger partial charge in [0, 0.05) is 9.79 Å². The highest BCUT2D eigenvalue weighted by molar-refractivity contribution is 7.99. The Labute approximate surface area is 163 Å². The van der Waals surface area contributed by atoms with Crippen LogP contribution in [-0.4, -0.2) is 19.6 Å². The van der Waals surface area contributed by atoms with Gasteiger partial charge in [0.25, 0.3) is 0 Å². The van der Waals surface area contributed by atoms with Gasteiger partial charge in [0.1, 0.15) is 5.25 Å². The molecule has 138 valence electrons. The maximum Gasteiger partial charge on any atom is 0.242 e. The molecule has 3 rings (SSSR count). The summed E-state index contributed by atoms with van der Waals surface area (Å²) in [7, 11) is -3.75. The van der Waals surface area contributed by atoms with Gasteiger partial charge in [0.15, 0.2) is 9.84 Å². The SMILES string of the molecule is CC(C(=O)Nc1ccccc1Sc1ccccc1)S(=O)(=O)c1ccccc1. The molecule has 0 aliphatic carbocycles. The second kappa shape index (κ2) is 8.41. The molecule has 0 saturated heterocycles. The fourth-order valence-electron chi connectivity index (χ4n) is 2.46. The van der Waals surface area contributed by atoms with E-state index in [4.69, 9.17) is 0 Å². The molecule has 1 N–H and O–H groups in total. The van der Waals surface area contributed by atoms with Gasteiger partial charge in [-0.05, 0) is 43.3 Å². The van der Waals surface area contributed by atoms with E-state index >= 15 is 0 Å². The van der Waals surface area contributed by atoms with Crippen LogP contribution in [0.1, 0.15) is 6.92 Å². The molecule has 3 aromatic carbocycles. The van der Waals surface area contributed by atoms with Crippen LogP contribution in [0.25, 0.3) is 0 Å². The van der Waals surface area contributed by atoms with Gasteiger partial charge in [-0.25, -0.2) is 8.42 Å². The molecule has 27 heavy (non-hydrogen) atoms. The molecule has 0 radical (unpaired) electrons. The van der Waals surface area contributed by atoms with Gasteiger partial charge in [-0.1, -0.05) is 60.3 Å². The third-order valence-corrected chi connectivity index (χ3v) is 7.18. The predicted octanol–water partition coefficient (Wildman–Crippen LogP) is 4.64. The molecular weight excluding hydrogens is 378 g/mol. The van der Waals surface area contributed by atoms with Crippen molar-refractivity contribution in [1.29, 1.82) is 0 Å². The summed E-state index contributed by atoms with van der Waals surface area (Å²) < 4.78 is 25.3. The Morgan fingerprint density at radius 2 is 1.41 bits per heavy atom. The number of anilines is 1. The van der Waals surface area contributed by atoms with Gasteiger partial charge in [0.2, 0.25) is 5.91 Å². The minimum absolute atomic E-state index is 0.139. The summed E-state index contributed by atoms with van der Waals surface area (Å²) in [6.45, 7) is 1.41. The first kappa shape index (κ1) is 19.2. The number of para-hydroxylation sites is 1. The van der Waals surface area contributed by atoms with Crippen LogP contribution >= 0.6 is 11.8 Å². The van der Waals surface area contributed by atoms with E-state index in [2.05, 4.69) is 5.32 Å². The quantitative estimate of drug-likeness (QED) is 0.658. The Kier molecular flexibility index (Phi) is 5.98. The van der Waals surface area contributed by atoms with Crippen LogP contribution in [0.5, 0.6) is 0 Å². The summed E-state index contributed by atoms with van der Waals surface area (Å²) in [5.74, 6) is -0.556. The smallest absolute Gasteiger partial charge is 0.242 e. The van der Waals surface area contributed by atoms with Crippen molar-refractivity contribution in [2.75, 3.05) is 5.32 Å². The second-order valence-corrected chi connectivity index (χ2v) is 9.28. The molecule has 0 aromatic heterocycles. The normalized spacial score (nSPS) is 12.3. The van der Waals surface area contributed by atoms with Crippen LogP contribution in [0.2, 0.25) is 0 Å². The highest BCUT2D eigenvalue weighted by Crippen LogP contribution is 2.33. The van der Waals surface area contributed by atoms with Crippen molar-refractivity contribution in [1.82, 2.24) is 0 Å². The Bertz CT molecular complexity index is 1020. The van der Waals surface area contributed by atoms with Crippen LogP contribution in [0.3, 0.4) is 0 Å². The molecule has 1 unspecified atom stereocenters. The molecule has 0 saturated carbocycles. The number of sulfone groups is 1. The molecule has 0 aliphatic rings. The van der Waals surface area contributed by atoms with E-state index in [1.807, 2.05) is 42.5 Å². The summed E-state index contributed by atoms with van der Waals surface area (Å²) in [5, 5.41) is 1.57. The number of hydrogen-bond acceptors (Lipinski definition) is 4. The highest BCUT2D eigenvalue weighted by atomic mass is 32.2. The van der Waals surface area contributed by atoms with E-state index in [0.29, 0.717) is 5.69 Å². The molecule has 0 bridgehead atoms. The van der Waals surface area contributed by atoms with Crippen molar-refractivity contribution in [2.24, 2.45) is 0 Å². The maximum absolute atomic E-state index is 12.7. The summed E-state index contributed by atoms with van der Waals surface area (Å²) >= 11 is 1.51. The maximum atomic E-state index is 12.7. The van der Waals surface area contributed by atoms with E-state index in [1.165, 1.54) is 30.8 Å². The number of benzene rings is 3. The van der Waals surface area contributed by atoms with Crippen molar-refractivity contribution >= 4 is 33.2 Å². The number of carbonyl (C=O) groups excluding carboxylic acids is 1. The largest absolute Gasteiger partial charge is 0.324 e. The molecule has 0 spiro atoms. The van der Waals surface area contributed by atoms with E-state index < -0.39 is 21.0 Å². The van der Waals surface area contributed by atoms with Gasteiger partial charge < -0.3 is 5.32 Å². The number of amides is 1. The predicted molar refractivity (Wildman–Crippen MR) is 109 cm³/mol. The molecule has 6 heteroatoms. The monoisotopic (exact) mass is 397 g/mol. The van der Waals surface area contributed by atoms with Gasteiger partial charge in [-0.15, -0.1) is 0 Å². The van der Waals surface area contributed by atoms with Crippen LogP contribution in [0.15, 0.2) is 99.6 Å². The van der Waals surface area contributed by atoms with Crippen LogP contribution in [0.4, 0.5) is 5.69 Å². The number of carbonyl (C=O) groups is 1. The van der Waals surface area contributed by atoms with Crippen molar-refractivity contribution in [3.8, 4) is 0 Å². The first-order chi connectivity index (χ1) is 13.0. The molecule has 0 heterocycles. The van der Waals surface area contributed by atoms with Crippen LogP contribution in [-0.2, 0) is 14.6 Å². The Hall–Kier alpha value is -2.57. The Balaban J connectivity index is 1.80. The highest BCUT2D eigenvalue weighted by Gasteiger charge is 2.30. The molecular formula is C21H19NO3S2. The fraction of sp³-hybridized carbons (Fsp3) is 0.0952. The summed E-state index contributed by atoms with van der Waals surface area (Å²) in [6, 6.07) is 25.1. The topological polar surface area (TPSA) is 63.2 Å². The van der Waals surface area contributed by atoms with Gasteiger partial charge in [-0.3, -0.25) is 4.79 Å². The first-order valence-electron chi connectivity index (χ1n) is 8.40. The van der Waals surface area contributed by atoms with E-state index in [1.54, 1.807) is 30.3 Å². The lowest BCUT2D eigenvalue weighted by atomic mass is 10.3. The molecule has 1 atom stereocenters. The second-order valence-electron chi connectivity index (χ2n) is 5.90. The lowest BCUT2D eigenvalue weighted by Crippen LogP contribution is -2.32.